The van der Waals surface area contributed by atoms with Gasteiger partial charge in [-0.1, -0.05) is 66.7 Å². The molecule has 0 unspecified atom stereocenters. The highest BCUT2D eigenvalue weighted by Gasteiger charge is 2.19. The van der Waals surface area contributed by atoms with Crippen molar-refractivity contribution in [2.75, 3.05) is 0 Å². The van der Waals surface area contributed by atoms with Gasteiger partial charge in [0.05, 0.1) is 63.5 Å². The van der Waals surface area contributed by atoms with Gasteiger partial charge >= 0.3 is 0 Å². The molecular formula is C36H18N6. The van der Waals surface area contributed by atoms with E-state index in [1.54, 1.807) is 30.3 Å². The van der Waals surface area contributed by atoms with Crippen molar-refractivity contribution in [1.29, 1.82) is 10.5 Å². The van der Waals surface area contributed by atoms with Gasteiger partial charge in [-0.05, 0) is 48.0 Å². The number of nitrogens with zero attached hydrogens (tertiary/aromatic N) is 6. The van der Waals surface area contributed by atoms with Crippen LogP contribution >= 0.6 is 0 Å². The molecule has 2 aromatic heterocycles. The van der Waals surface area contributed by atoms with Crippen LogP contribution in [-0.4, -0.2) is 15.0 Å². The highest BCUT2D eigenvalue weighted by molar-refractivity contribution is 6.21. The van der Waals surface area contributed by atoms with Crippen molar-refractivity contribution < 1.29 is 0 Å². The summed E-state index contributed by atoms with van der Waals surface area (Å²) in [5.41, 5.74) is 8.56. The molecule has 0 saturated heterocycles. The van der Waals surface area contributed by atoms with E-state index in [1.807, 2.05) is 78.9 Å². The molecule has 7 rings (SSSR count). The van der Waals surface area contributed by atoms with E-state index in [0.29, 0.717) is 28.2 Å². The molecule has 6 heteroatoms. The first-order chi connectivity index (χ1) is 20.7. The Morgan fingerprint density at radius 2 is 1.24 bits per heavy atom. The Bertz CT molecular complexity index is 2320. The molecule has 192 valence electrons. The average molecular weight is 535 g/mol. The van der Waals surface area contributed by atoms with E-state index in [1.165, 1.54) is 0 Å². The zero-order valence-electron chi connectivity index (χ0n) is 22.1. The fourth-order valence-electron chi connectivity index (χ4n) is 5.31. The predicted octanol–water partition coefficient (Wildman–Crippen LogP) is 8.63. The minimum atomic E-state index is 0.547. The largest absolute Gasteiger partial charge is 0.247 e. The molecule has 0 saturated carbocycles. The molecule has 2 heterocycles. The maximum absolute atomic E-state index is 9.54. The first-order valence-corrected chi connectivity index (χ1v) is 13.2. The van der Waals surface area contributed by atoms with Crippen LogP contribution in [0, 0.1) is 29.2 Å². The van der Waals surface area contributed by atoms with Crippen LogP contribution in [0.1, 0.15) is 11.1 Å². The third-order valence-corrected chi connectivity index (χ3v) is 7.32. The number of hydrogen-bond acceptors (Lipinski definition) is 5. The maximum atomic E-state index is 9.54. The molecule has 6 nitrogen and oxygen atoms in total. The van der Waals surface area contributed by atoms with E-state index in [0.717, 1.165) is 55.1 Å². The number of rotatable bonds is 3. The lowest BCUT2D eigenvalue weighted by atomic mass is 9.97. The van der Waals surface area contributed by atoms with Crippen molar-refractivity contribution >= 4 is 38.4 Å². The van der Waals surface area contributed by atoms with E-state index in [9.17, 15) is 10.5 Å². The molecule has 42 heavy (non-hydrogen) atoms. The smallest absolute Gasteiger partial charge is 0.187 e. The molecule has 5 aromatic carbocycles. The van der Waals surface area contributed by atoms with Gasteiger partial charge in [-0.3, -0.25) is 0 Å². The monoisotopic (exact) mass is 534 g/mol. The minimum Gasteiger partial charge on any atom is -0.247 e. The number of nitriles is 2. The Hall–Kier alpha value is -6.42. The Morgan fingerprint density at radius 1 is 0.548 bits per heavy atom. The summed E-state index contributed by atoms with van der Waals surface area (Å²) < 4.78 is 0. The van der Waals surface area contributed by atoms with Crippen molar-refractivity contribution in [3.05, 3.63) is 132 Å². The first kappa shape index (κ1) is 24.6. The number of pyridine rings is 1. The van der Waals surface area contributed by atoms with Gasteiger partial charge in [0.15, 0.2) is 5.69 Å². The van der Waals surface area contributed by atoms with Gasteiger partial charge in [-0.15, -0.1) is 0 Å². The molecular weight excluding hydrogens is 516 g/mol. The van der Waals surface area contributed by atoms with Crippen LogP contribution < -0.4 is 0 Å². The molecule has 7 aromatic rings. The minimum absolute atomic E-state index is 0.547. The average Bonchev–Trinajstić information content (AvgIpc) is 3.07. The Balaban J connectivity index is 1.60. The highest BCUT2D eigenvalue weighted by Crippen LogP contribution is 2.39. The number of benzene rings is 5. The van der Waals surface area contributed by atoms with Crippen molar-refractivity contribution in [2.45, 2.75) is 0 Å². The van der Waals surface area contributed by atoms with Gasteiger partial charge in [0.2, 0.25) is 0 Å². The lowest BCUT2D eigenvalue weighted by Crippen LogP contribution is -1.98. The molecule has 0 spiro atoms. The summed E-state index contributed by atoms with van der Waals surface area (Å²) >= 11 is 0. The number of hydrogen-bond donors (Lipinski definition) is 0. The summed E-state index contributed by atoms with van der Waals surface area (Å²) in [5, 5.41) is 21.7. The summed E-state index contributed by atoms with van der Waals surface area (Å²) in [7, 11) is 0. The summed E-state index contributed by atoms with van der Waals surface area (Å²) in [6.45, 7) is 7.34. The summed E-state index contributed by atoms with van der Waals surface area (Å²) in [6, 6.07) is 38.5. The third-order valence-electron chi connectivity index (χ3n) is 7.32. The zero-order chi connectivity index (χ0) is 28.6. The van der Waals surface area contributed by atoms with Gasteiger partial charge < -0.3 is 0 Å². The van der Waals surface area contributed by atoms with Crippen LogP contribution in [0.2, 0.25) is 0 Å². The van der Waals surface area contributed by atoms with Gasteiger partial charge in [-0.2, -0.15) is 10.5 Å². The van der Waals surface area contributed by atoms with Crippen molar-refractivity contribution in [3.8, 4) is 45.9 Å². The predicted molar refractivity (Wildman–Crippen MR) is 164 cm³/mol. The fraction of sp³-hybridized carbons (Fsp3) is 0. The van der Waals surface area contributed by atoms with Crippen molar-refractivity contribution in [1.82, 2.24) is 15.0 Å². The standard InChI is InChI=1S/C36H18N6/c1-39-27-15-13-25(14-16-27)34-35(24-11-9-22(20-37)10-12-24)42-36-31(41-34)18-17-29-32(36)28-7-2-3-8-30(28)40-33(29)26-6-4-5-23(19-26)21-38/h2-19H. The third kappa shape index (κ3) is 4.07. The first-order valence-electron chi connectivity index (χ1n) is 13.2. The molecule has 0 aliphatic rings. The lowest BCUT2D eigenvalue weighted by Gasteiger charge is -2.15. The summed E-state index contributed by atoms with van der Waals surface area (Å²) in [4.78, 5) is 19.0. The van der Waals surface area contributed by atoms with E-state index < -0.39 is 0 Å². The summed E-state index contributed by atoms with van der Waals surface area (Å²) in [6.07, 6.45) is 0. The van der Waals surface area contributed by atoms with Gasteiger partial charge in [-0.25, -0.2) is 19.8 Å². The molecule has 0 amide bonds. The normalized spacial score (nSPS) is 10.8. The molecule has 0 radical (unpaired) electrons. The van der Waals surface area contributed by atoms with Crippen LogP contribution in [0.5, 0.6) is 0 Å². The molecule has 0 N–H and O–H groups in total. The molecule has 0 atom stereocenters. The second kappa shape index (κ2) is 9.96. The molecule has 0 aliphatic heterocycles. The molecule has 0 bridgehead atoms. The topological polar surface area (TPSA) is 90.6 Å². The fourth-order valence-corrected chi connectivity index (χ4v) is 5.31. The second-order valence-corrected chi connectivity index (χ2v) is 9.79. The van der Waals surface area contributed by atoms with Gasteiger partial charge in [0.25, 0.3) is 0 Å². The molecule has 0 fully saturated rings. The Kier molecular flexibility index (Phi) is 5.83. The highest BCUT2D eigenvalue weighted by atomic mass is 14.8. The Morgan fingerprint density at radius 3 is 1.98 bits per heavy atom. The summed E-state index contributed by atoms with van der Waals surface area (Å²) in [5.74, 6) is 0. The van der Waals surface area contributed by atoms with Crippen molar-refractivity contribution in [2.24, 2.45) is 0 Å². The SMILES string of the molecule is [C-]#[N+]c1ccc(-c2nc3ccc4c(-c5cccc(C#N)c5)nc5ccccc5c4c3nc2-c2ccc(C#N)cc2)cc1. The zero-order valence-corrected chi connectivity index (χ0v) is 22.1. The van der Waals surface area contributed by atoms with Crippen LogP contribution in [0.4, 0.5) is 5.69 Å². The van der Waals surface area contributed by atoms with E-state index in [-0.39, 0.29) is 0 Å². The van der Waals surface area contributed by atoms with Gasteiger partial charge in [0, 0.05) is 27.3 Å². The van der Waals surface area contributed by atoms with Crippen LogP contribution in [0.25, 0.3) is 71.3 Å². The second-order valence-electron chi connectivity index (χ2n) is 9.79. The van der Waals surface area contributed by atoms with E-state index in [2.05, 4.69) is 17.0 Å². The van der Waals surface area contributed by atoms with Crippen LogP contribution in [-0.2, 0) is 0 Å². The number of aromatic nitrogens is 3. The number of fused-ring (bicyclic) bond motifs is 5. The number of para-hydroxylation sites is 1. The van der Waals surface area contributed by atoms with E-state index >= 15 is 0 Å². The quantitative estimate of drug-likeness (QED) is 0.167. The van der Waals surface area contributed by atoms with Crippen LogP contribution in [0.3, 0.4) is 0 Å². The lowest BCUT2D eigenvalue weighted by molar-refractivity contribution is 1.30. The Labute approximate surface area is 241 Å². The molecule has 0 aliphatic carbocycles. The van der Waals surface area contributed by atoms with Crippen molar-refractivity contribution in [3.63, 3.8) is 0 Å². The van der Waals surface area contributed by atoms with E-state index in [4.69, 9.17) is 21.5 Å². The maximum Gasteiger partial charge on any atom is 0.187 e. The van der Waals surface area contributed by atoms with Gasteiger partial charge in [0.1, 0.15) is 0 Å². The van der Waals surface area contributed by atoms with Crippen LogP contribution in [0.15, 0.2) is 109 Å².